The van der Waals surface area contributed by atoms with Crippen LogP contribution in [0.3, 0.4) is 0 Å². The lowest BCUT2D eigenvalue weighted by Crippen LogP contribution is -2.37. The summed E-state index contributed by atoms with van der Waals surface area (Å²) in [5.74, 6) is 2.06. The first-order valence-electron chi connectivity index (χ1n) is 12.7. The Bertz CT molecular complexity index is 1420. The highest BCUT2D eigenvalue weighted by atomic mass is 28.1. The Morgan fingerprint density at radius 2 is 1.89 bits per heavy atom. The largest absolute Gasteiger partial charge is 0.478 e. The summed E-state index contributed by atoms with van der Waals surface area (Å²) in [7, 11) is 3.89. The molecule has 0 amide bonds. The molecule has 6 rings (SSSR count). The van der Waals surface area contributed by atoms with Crippen LogP contribution in [0.15, 0.2) is 72.8 Å². The van der Waals surface area contributed by atoms with E-state index in [9.17, 15) is 9.90 Å². The maximum atomic E-state index is 11.6. The van der Waals surface area contributed by atoms with E-state index >= 15 is 0 Å². The number of rotatable bonds is 8. The van der Waals surface area contributed by atoms with Gasteiger partial charge < -0.3 is 19.1 Å². The van der Waals surface area contributed by atoms with Crippen molar-refractivity contribution in [1.82, 2.24) is 14.5 Å². The van der Waals surface area contributed by atoms with Gasteiger partial charge in [-0.2, -0.15) is 0 Å². The number of imidazole rings is 1. The number of likely N-dealkylation sites (tertiary alicyclic amines) is 1. The van der Waals surface area contributed by atoms with Gasteiger partial charge in [0.15, 0.2) is 0 Å². The lowest BCUT2D eigenvalue weighted by Gasteiger charge is -2.34. The van der Waals surface area contributed by atoms with Crippen LogP contribution in [0.5, 0.6) is 11.5 Å². The third kappa shape index (κ3) is 4.92. The molecule has 8 heteroatoms. The molecule has 2 aliphatic heterocycles. The SMILES string of the molecule is O=C(O)c1ccc2nc(CN3CCC(c4cccc(Oc5ccccc5)c4)C3)n([C@H]([Si])[C@@H]3CCO3)c2c1. The number of nitrogens with zero attached hydrogens (tertiary/aromatic N) is 3. The minimum absolute atomic E-state index is 0.0416. The predicted octanol–water partition coefficient (Wildman–Crippen LogP) is 4.97. The van der Waals surface area contributed by atoms with Gasteiger partial charge in [0, 0.05) is 18.8 Å². The van der Waals surface area contributed by atoms with Crippen LogP contribution in [0.25, 0.3) is 11.0 Å². The summed E-state index contributed by atoms with van der Waals surface area (Å²) in [5.41, 5.74) is 3.03. The van der Waals surface area contributed by atoms with Crippen molar-refractivity contribution in [2.75, 3.05) is 19.7 Å². The zero-order valence-corrected chi connectivity index (χ0v) is 21.4. The van der Waals surface area contributed by atoms with Gasteiger partial charge in [-0.1, -0.05) is 30.3 Å². The molecule has 4 aromatic rings. The van der Waals surface area contributed by atoms with E-state index in [1.165, 1.54) is 5.56 Å². The van der Waals surface area contributed by atoms with Gasteiger partial charge in [-0.25, -0.2) is 9.78 Å². The molecule has 0 bridgehead atoms. The van der Waals surface area contributed by atoms with Crippen molar-refractivity contribution in [3.8, 4) is 11.5 Å². The summed E-state index contributed by atoms with van der Waals surface area (Å²) in [4.78, 5) is 19.0. The normalized spacial score (nSPS) is 20.6. The molecule has 3 radical (unpaired) electrons. The van der Waals surface area contributed by atoms with E-state index in [0.29, 0.717) is 12.5 Å². The average Bonchev–Trinajstić information content (AvgIpc) is 3.48. The second kappa shape index (κ2) is 10.1. The zero-order chi connectivity index (χ0) is 25.4. The highest BCUT2D eigenvalue weighted by Crippen LogP contribution is 2.33. The van der Waals surface area contributed by atoms with Gasteiger partial charge in [-0.3, -0.25) is 4.90 Å². The third-order valence-electron chi connectivity index (χ3n) is 7.32. The molecular weight excluding hydrogens is 482 g/mol. The van der Waals surface area contributed by atoms with E-state index < -0.39 is 5.97 Å². The number of hydrogen-bond acceptors (Lipinski definition) is 5. The van der Waals surface area contributed by atoms with Crippen molar-refractivity contribution in [3.63, 3.8) is 0 Å². The Labute approximate surface area is 219 Å². The Kier molecular flexibility index (Phi) is 6.54. The highest BCUT2D eigenvalue weighted by molar-refractivity contribution is 6.11. The molecule has 1 N–H and O–H groups in total. The van der Waals surface area contributed by atoms with E-state index in [1.807, 2.05) is 36.4 Å². The fraction of sp³-hybridized carbons (Fsp3) is 0.310. The Hall–Kier alpha value is -3.46. The number of fused-ring (bicyclic) bond motifs is 1. The van der Waals surface area contributed by atoms with E-state index in [4.69, 9.17) is 14.5 Å². The van der Waals surface area contributed by atoms with E-state index in [1.54, 1.807) is 18.2 Å². The maximum absolute atomic E-state index is 11.6. The Morgan fingerprint density at radius 1 is 1.08 bits per heavy atom. The van der Waals surface area contributed by atoms with Crippen LogP contribution in [0.2, 0.25) is 0 Å². The van der Waals surface area contributed by atoms with Gasteiger partial charge in [0.25, 0.3) is 0 Å². The smallest absolute Gasteiger partial charge is 0.335 e. The Morgan fingerprint density at radius 3 is 2.65 bits per heavy atom. The first-order valence-corrected chi connectivity index (χ1v) is 13.2. The van der Waals surface area contributed by atoms with Gasteiger partial charge >= 0.3 is 5.97 Å². The van der Waals surface area contributed by atoms with Crippen molar-refractivity contribution < 1.29 is 19.4 Å². The number of aromatic carboxylic acids is 1. The topological polar surface area (TPSA) is 76.8 Å². The number of aromatic nitrogens is 2. The molecule has 1 aromatic heterocycles. The second-order valence-corrected chi connectivity index (χ2v) is 10.3. The molecule has 0 spiro atoms. The fourth-order valence-electron chi connectivity index (χ4n) is 5.27. The summed E-state index contributed by atoms with van der Waals surface area (Å²) in [6, 6.07) is 23.3. The fourth-order valence-corrected chi connectivity index (χ4v) is 5.82. The summed E-state index contributed by atoms with van der Waals surface area (Å²) >= 11 is 0. The lowest BCUT2D eigenvalue weighted by molar-refractivity contribution is -0.0631. The highest BCUT2D eigenvalue weighted by Gasteiger charge is 2.31. The van der Waals surface area contributed by atoms with Crippen molar-refractivity contribution in [2.24, 2.45) is 0 Å². The molecule has 3 atom stereocenters. The van der Waals surface area contributed by atoms with Gasteiger partial charge in [-0.05, 0) is 73.3 Å². The molecule has 187 valence electrons. The molecule has 1 unspecified atom stereocenters. The van der Waals surface area contributed by atoms with Crippen LogP contribution in [0.1, 0.15) is 46.2 Å². The summed E-state index contributed by atoms with van der Waals surface area (Å²) in [6.07, 6.45) is 2.06. The molecule has 3 aromatic carbocycles. The molecule has 3 heterocycles. The number of ether oxygens (including phenoxy) is 2. The number of benzene rings is 3. The number of carboxylic acids is 1. The zero-order valence-electron chi connectivity index (χ0n) is 20.4. The summed E-state index contributed by atoms with van der Waals surface area (Å²) in [6.45, 7) is 3.31. The third-order valence-corrected chi connectivity index (χ3v) is 7.95. The summed E-state index contributed by atoms with van der Waals surface area (Å²) in [5, 5.41) is 9.53. The molecule has 2 saturated heterocycles. The first kappa shape index (κ1) is 23.9. The van der Waals surface area contributed by atoms with Crippen LogP contribution >= 0.6 is 0 Å². The lowest BCUT2D eigenvalue weighted by atomic mass is 9.98. The minimum Gasteiger partial charge on any atom is -0.478 e. The molecule has 7 nitrogen and oxygen atoms in total. The van der Waals surface area contributed by atoms with Crippen molar-refractivity contribution in [3.05, 3.63) is 89.7 Å². The summed E-state index contributed by atoms with van der Waals surface area (Å²) < 4.78 is 13.9. The number of carbonyl (C=O) groups is 1. The maximum Gasteiger partial charge on any atom is 0.335 e. The van der Waals surface area contributed by atoms with Crippen LogP contribution in [0.4, 0.5) is 0 Å². The van der Waals surface area contributed by atoms with Crippen molar-refractivity contribution in [2.45, 2.75) is 37.1 Å². The quantitative estimate of drug-likeness (QED) is 0.337. The van der Waals surface area contributed by atoms with Gasteiger partial charge in [0.1, 0.15) is 17.3 Å². The second-order valence-electron chi connectivity index (χ2n) is 9.76. The molecule has 2 aliphatic rings. The van der Waals surface area contributed by atoms with Gasteiger partial charge in [-0.15, -0.1) is 0 Å². The number of para-hydroxylation sites is 1. The number of carboxylic acid groups (broad SMARTS) is 1. The standard InChI is InChI=1S/C29H28N3O4Si/c33-29(34)20-9-10-24-25(16-20)32(28(37)26-12-14-35-26)27(30-24)18-31-13-11-21(17-31)19-5-4-8-23(15-19)36-22-6-2-1-3-7-22/h1-10,15-16,21,26,28H,11-14,17-18H2,(H,33,34)/t21?,26-,28+/m0/s1. The number of hydrogen-bond donors (Lipinski definition) is 1. The monoisotopic (exact) mass is 510 g/mol. The molecule has 0 saturated carbocycles. The Balaban J connectivity index is 1.22. The first-order chi connectivity index (χ1) is 18.0. The van der Waals surface area contributed by atoms with E-state index in [2.05, 4.69) is 37.9 Å². The van der Waals surface area contributed by atoms with E-state index in [-0.39, 0.29) is 17.3 Å². The van der Waals surface area contributed by atoms with Crippen molar-refractivity contribution in [1.29, 1.82) is 0 Å². The molecule has 2 fully saturated rings. The molecule has 37 heavy (non-hydrogen) atoms. The van der Waals surface area contributed by atoms with Crippen LogP contribution in [-0.4, -0.2) is 61.6 Å². The predicted molar refractivity (Wildman–Crippen MR) is 141 cm³/mol. The van der Waals surface area contributed by atoms with Gasteiger partial charge in [0.05, 0.1) is 39.5 Å². The van der Waals surface area contributed by atoms with Crippen LogP contribution in [-0.2, 0) is 11.3 Å². The van der Waals surface area contributed by atoms with Crippen LogP contribution < -0.4 is 4.74 Å². The molecular formula is C29H28N3O4Si. The minimum atomic E-state index is -0.942. The van der Waals surface area contributed by atoms with Crippen LogP contribution in [0, 0.1) is 0 Å². The average molecular weight is 511 g/mol. The molecule has 0 aliphatic carbocycles. The van der Waals surface area contributed by atoms with Gasteiger partial charge in [0.2, 0.25) is 0 Å². The van der Waals surface area contributed by atoms with Crippen molar-refractivity contribution >= 4 is 27.2 Å². The van der Waals surface area contributed by atoms with E-state index in [0.717, 1.165) is 60.9 Å².